The number of carbonyl (C=O) groups is 3. The van der Waals surface area contributed by atoms with E-state index in [0.717, 1.165) is 92.4 Å². The Hall–Kier alpha value is -5.03. The molecule has 61 heavy (non-hydrogen) atoms. The third-order valence-electron chi connectivity index (χ3n) is 11.2. The fourth-order valence-corrected chi connectivity index (χ4v) is 8.47. The second-order valence-electron chi connectivity index (χ2n) is 16.0. The molecule has 0 bridgehead atoms. The van der Waals surface area contributed by atoms with E-state index in [2.05, 4.69) is 26.5 Å². The lowest BCUT2D eigenvalue weighted by molar-refractivity contribution is -0.140. The SMILES string of the molecule is C=CC(=O)OCCCCCCOc1ccc(C(=O)Oc2ccc(OC(=O)C3CCC(CCCCCCC)CC3)cc2C=NN(CCCCCC)c2nc3ccccc3s2)cc1. The number of carbonyl (C=O) groups excluding carboxylic acids is 3. The van der Waals surface area contributed by atoms with Crippen LogP contribution in [0.15, 0.2) is 84.5 Å². The van der Waals surface area contributed by atoms with Gasteiger partial charge < -0.3 is 18.9 Å². The average Bonchev–Trinajstić information content (AvgIpc) is 3.72. The first-order chi connectivity index (χ1) is 29.9. The van der Waals surface area contributed by atoms with E-state index in [9.17, 15) is 14.4 Å². The van der Waals surface area contributed by atoms with Gasteiger partial charge in [0.25, 0.3) is 0 Å². The summed E-state index contributed by atoms with van der Waals surface area (Å²) in [6.07, 6.45) is 22.1. The molecule has 0 N–H and O–H groups in total. The van der Waals surface area contributed by atoms with E-state index in [-0.39, 0.29) is 11.9 Å². The van der Waals surface area contributed by atoms with Gasteiger partial charge in [-0.2, -0.15) is 5.10 Å². The van der Waals surface area contributed by atoms with Crippen LogP contribution in [0.4, 0.5) is 5.13 Å². The van der Waals surface area contributed by atoms with E-state index in [1.165, 1.54) is 44.6 Å². The molecular formula is C50H65N3O7S. The number of thiazole rings is 1. The molecule has 0 saturated heterocycles. The first kappa shape index (κ1) is 47.0. The molecule has 4 aromatic rings. The van der Waals surface area contributed by atoms with Crippen LogP contribution in [-0.2, 0) is 14.3 Å². The molecule has 0 spiro atoms. The van der Waals surface area contributed by atoms with Crippen molar-refractivity contribution < 1.29 is 33.3 Å². The fourth-order valence-electron chi connectivity index (χ4n) is 7.53. The lowest BCUT2D eigenvalue weighted by Gasteiger charge is -2.27. The van der Waals surface area contributed by atoms with Gasteiger partial charge in [-0.1, -0.05) is 102 Å². The van der Waals surface area contributed by atoms with Crippen LogP contribution in [0.25, 0.3) is 10.2 Å². The highest BCUT2D eigenvalue weighted by atomic mass is 32.1. The molecule has 3 aromatic carbocycles. The Morgan fingerprint density at radius 1 is 0.787 bits per heavy atom. The molecule has 1 saturated carbocycles. The minimum atomic E-state index is -0.534. The molecule has 1 fully saturated rings. The Morgan fingerprint density at radius 3 is 2.21 bits per heavy atom. The van der Waals surface area contributed by atoms with Crippen LogP contribution in [-0.4, -0.2) is 48.9 Å². The fraction of sp³-hybridized carbons (Fsp3) is 0.500. The standard InChI is InChI=1S/C50H65N3O7S/c1-4-7-9-11-14-20-38-23-25-39(26-24-38)48(55)59-43-31-32-45(60-49(56)40-27-29-42(30-28-40)57-34-18-12-13-19-35-58-47(54)6-3)41(36-43)37-51-53(33-17-10-8-5-2)50-52-44-21-15-16-22-46(44)61-50/h6,15-16,21-22,27-32,36-39H,3-5,7-14,17-20,23-26,33-35H2,1-2H3. The van der Waals surface area contributed by atoms with Crippen LogP contribution >= 0.6 is 11.3 Å². The molecule has 0 unspecified atom stereocenters. The first-order valence-corrected chi connectivity index (χ1v) is 23.5. The molecule has 5 rings (SSSR count). The number of rotatable bonds is 27. The summed E-state index contributed by atoms with van der Waals surface area (Å²) < 4.78 is 24.0. The maximum Gasteiger partial charge on any atom is 0.343 e. The second-order valence-corrected chi connectivity index (χ2v) is 17.0. The van der Waals surface area contributed by atoms with Gasteiger partial charge in [-0.3, -0.25) is 4.79 Å². The van der Waals surface area contributed by atoms with Gasteiger partial charge in [-0.05, 0) is 118 Å². The summed E-state index contributed by atoms with van der Waals surface area (Å²) in [6.45, 7) is 9.42. The summed E-state index contributed by atoms with van der Waals surface area (Å²) in [4.78, 5) is 43.1. The Balaban J connectivity index is 1.25. The number of fused-ring (bicyclic) bond motifs is 1. The van der Waals surface area contributed by atoms with Crippen LogP contribution < -0.4 is 19.2 Å². The number of ether oxygens (including phenoxy) is 4. The number of nitrogens with zero attached hydrogens (tertiary/aromatic N) is 3. The molecule has 1 aliphatic rings. The largest absolute Gasteiger partial charge is 0.494 e. The first-order valence-electron chi connectivity index (χ1n) is 22.6. The van der Waals surface area contributed by atoms with Gasteiger partial charge in [-0.25, -0.2) is 19.6 Å². The maximum atomic E-state index is 13.5. The van der Waals surface area contributed by atoms with E-state index < -0.39 is 11.9 Å². The zero-order valence-electron chi connectivity index (χ0n) is 36.3. The highest BCUT2D eigenvalue weighted by molar-refractivity contribution is 7.22. The summed E-state index contributed by atoms with van der Waals surface area (Å²) in [7, 11) is 0. The number of benzene rings is 3. The normalized spacial score (nSPS) is 15.1. The van der Waals surface area contributed by atoms with E-state index in [1.54, 1.807) is 60.0 Å². The lowest BCUT2D eigenvalue weighted by atomic mass is 9.80. The van der Waals surface area contributed by atoms with Gasteiger partial charge in [0.1, 0.15) is 17.2 Å². The van der Waals surface area contributed by atoms with E-state index in [1.807, 2.05) is 23.2 Å². The zero-order chi connectivity index (χ0) is 43.1. The Kier molecular flexibility index (Phi) is 20.3. The minimum absolute atomic E-state index is 0.129. The van der Waals surface area contributed by atoms with Gasteiger partial charge in [0, 0.05) is 18.2 Å². The summed E-state index contributed by atoms with van der Waals surface area (Å²) in [5.74, 6) is 0.747. The van der Waals surface area contributed by atoms with Gasteiger partial charge in [-0.15, -0.1) is 0 Å². The molecule has 1 aromatic heterocycles. The number of hydrazone groups is 1. The van der Waals surface area contributed by atoms with Crippen molar-refractivity contribution in [1.29, 1.82) is 0 Å². The van der Waals surface area contributed by atoms with E-state index >= 15 is 0 Å². The maximum absolute atomic E-state index is 13.5. The molecular weight excluding hydrogens is 787 g/mol. The quantitative estimate of drug-likeness (QED) is 0.0144. The van der Waals surface area contributed by atoms with Gasteiger partial charge in [0.15, 0.2) is 0 Å². The average molecular weight is 852 g/mol. The van der Waals surface area contributed by atoms with Crippen molar-refractivity contribution in [1.82, 2.24) is 4.98 Å². The highest BCUT2D eigenvalue weighted by Crippen LogP contribution is 2.34. The predicted molar refractivity (Wildman–Crippen MR) is 246 cm³/mol. The second kappa shape index (κ2) is 26.3. The van der Waals surface area contributed by atoms with E-state index in [4.69, 9.17) is 29.0 Å². The van der Waals surface area contributed by atoms with Crippen molar-refractivity contribution in [3.8, 4) is 17.2 Å². The Bertz CT molecular complexity index is 1950. The monoisotopic (exact) mass is 851 g/mol. The number of esters is 3. The molecule has 0 amide bonds. The molecule has 328 valence electrons. The summed E-state index contributed by atoms with van der Waals surface area (Å²) in [6, 6.07) is 20.0. The van der Waals surface area contributed by atoms with Gasteiger partial charge >= 0.3 is 17.9 Å². The number of para-hydroxylation sites is 1. The Morgan fingerprint density at radius 2 is 1.48 bits per heavy atom. The minimum Gasteiger partial charge on any atom is -0.494 e. The number of hydrogen-bond donors (Lipinski definition) is 0. The topological polar surface area (TPSA) is 117 Å². The van der Waals surface area contributed by atoms with Crippen molar-refractivity contribution in [2.45, 2.75) is 129 Å². The van der Waals surface area contributed by atoms with Crippen LogP contribution in [0.5, 0.6) is 17.2 Å². The third-order valence-corrected chi connectivity index (χ3v) is 12.2. The molecule has 1 heterocycles. The smallest absolute Gasteiger partial charge is 0.343 e. The van der Waals surface area contributed by atoms with Crippen LogP contribution in [0.2, 0.25) is 0 Å². The zero-order valence-corrected chi connectivity index (χ0v) is 37.1. The van der Waals surface area contributed by atoms with Gasteiger partial charge in [0.2, 0.25) is 5.13 Å². The van der Waals surface area contributed by atoms with Crippen molar-refractivity contribution in [2.75, 3.05) is 24.8 Å². The van der Waals surface area contributed by atoms with Gasteiger partial charge in [0.05, 0.1) is 41.1 Å². The Labute approximate surface area is 366 Å². The van der Waals surface area contributed by atoms with E-state index in [0.29, 0.717) is 54.1 Å². The number of anilines is 1. The predicted octanol–water partition coefficient (Wildman–Crippen LogP) is 12.7. The number of aromatic nitrogens is 1. The van der Waals surface area contributed by atoms with Crippen LogP contribution in [0.1, 0.15) is 145 Å². The molecule has 0 radical (unpaired) electrons. The summed E-state index contributed by atoms with van der Waals surface area (Å²) >= 11 is 1.58. The van der Waals surface area contributed by atoms with Crippen LogP contribution in [0.3, 0.4) is 0 Å². The van der Waals surface area contributed by atoms with Crippen molar-refractivity contribution in [3.63, 3.8) is 0 Å². The molecule has 11 heteroatoms. The molecule has 0 aliphatic heterocycles. The number of hydrogen-bond acceptors (Lipinski definition) is 11. The molecule has 10 nitrogen and oxygen atoms in total. The number of unbranched alkanes of at least 4 members (excludes halogenated alkanes) is 10. The van der Waals surface area contributed by atoms with Crippen molar-refractivity contribution in [2.24, 2.45) is 16.9 Å². The van der Waals surface area contributed by atoms with Crippen molar-refractivity contribution in [3.05, 3.63) is 90.5 Å². The van der Waals surface area contributed by atoms with Crippen molar-refractivity contribution >= 4 is 50.8 Å². The lowest BCUT2D eigenvalue weighted by Crippen LogP contribution is -2.25. The summed E-state index contributed by atoms with van der Waals surface area (Å²) in [5, 5.41) is 7.61. The highest BCUT2D eigenvalue weighted by Gasteiger charge is 2.28. The van der Waals surface area contributed by atoms with Crippen LogP contribution in [0, 0.1) is 11.8 Å². The third kappa shape index (κ3) is 16.1. The molecule has 0 atom stereocenters. The summed E-state index contributed by atoms with van der Waals surface area (Å²) in [5.41, 5.74) is 1.78. The molecule has 1 aliphatic carbocycles.